The van der Waals surface area contributed by atoms with Gasteiger partial charge in [0.1, 0.15) is 11.0 Å². The number of aromatic amines is 1. The lowest BCUT2D eigenvalue weighted by molar-refractivity contribution is -0.121. The summed E-state index contributed by atoms with van der Waals surface area (Å²) in [4.78, 5) is 24.4. The quantitative estimate of drug-likeness (QED) is 0.708. The average Bonchev–Trinajstić information content (AvgIpc) is 2.86. The van der Waals surface area contributed by atoms with E-state index in [0.717, 1.165) is 0 Å². The van der Waals surface area contributed by atoms with Gasteiger partial charge in [-0.05, 0) is 12.1 Å². The Bertz CT molecular complexity index is 573. The number of imide groups is 1. The minimum Gasteiger partial charge on any atom is -0.274 e. The summed E-state index contributed by atoms with van der Waals surface area (Å²) in [5.41, 5.74) is 1.70. The van der Waals surface area contributed by atoms with Crippen molar-refractivity contribution in [3.8, 4) is 0 Å². The predicted octanol–water partition coefficient (Wildman–Crippen LogP) is 0.611. The molecule has 6 nitrogen and oxygen atoms in total. The number of para-hydroxylation sites is 1. The Balaban J connectivity index is 2.22. The fraction of sp³-hybridized carbons (Fsp3) is 0.200. The molecule has 2 amide bonds. The number of benzene rings is 1. The molecule has 1 fully saturated rings. The van der Waals surface area contributed by atoms with Crippen LogP contribution in [0.4, 0.5) is 5.69 Å². The van der Waals surface area contributed by atoms with Crippen molar-refractivity contribution >= 4 is 28.5 Å². The predicted molar refractivity (Wildman–Crippen MR) is 55.6 cm³/mol. The van der Waals surface area contributed by atoms with Crippen LogP contribution in [-0.4, -0.2) is 27.2 Å². The fourth-order valence-electron chi connectivity index (χ4n) is 1.88. The van der Waals surface area contributed by atoms with Gasteiger partial charge >= 0.3 is 0 Å². The van der Waals surface area contributed by atoms with Gasteiger partial charge in [-0.15, -0.1) is 0 Å². The minimum atomic E-state index is -0.180. The van der Waals surface area contributed by atoms with Crippen LogP contribution in [-0.2, 0) is 9.59 Å². The number of aromatic nitrogens is 3. The normalized spacial score (nSPS) is 16.4. The summed E-state index contributed by atoms with van der Waals surface area (Å²) in [6.45, 7) is 0. The molecular formula is C10H8N4O2. The molecule has 0 aliphatic carbocycles. The first-order valence-electron chi connectivity index (χ1n) is 4.92. The number of carbonyl (C=O) groups excluding carboxylic acids is 2. The van der Waals surface area contributed by atoms with Gasteiger partial charge in [-0.2, -0.15) is 15.4 Å². The summed E-state index contributed by atoms with van der Waals surface area (Å²) in [5, 5.41) is 10.3. The van der Waals surface area contributed by atoms with Crippen LogP contribution in [0.2, 0.25) is 0 Å². The smallest absolute Gasteiger partial charge is 0.234 e. The summed E-state index contributed by atoms with van der Waals surface area (Å²) in [6, 6.07) is 5.22. The number of anilines is 1. The molecule has 1 aromatic heterocycles. The highest BCUT2D eigenvalue weighted by Crippen LogP contribution is 2.27. The SMILES string of the molecule is O=C1CCC(=O)N1c1cccc2n[nH]nc12. The molecule has 2 aromatic rings. The number of nitrogens with zero attached hydrogens (tertiary/aromatic N) is 3. The van der Waals surface area contributed by atoms with Crippen molar-refractivity contribution in [3.63, 3.8) is 0 Å². The molecule has 0 spiro atoms. The molecule has 1 aliphatic rings. The number of carbonyl (C=O) groups is 2. The van der Waals surface area contributed by atoms with E-state index in [-0.39, 0.29) is 24.7 Å². The summed E-state index contributed by atoms with van der Waals surface area (Å²) >= 11 is 0. The molecule has 0 radical (unpaired) electrons. The number of amides is 2. The van der Waals surface area contributed by atoms with Gasteiger partial charge < -0.3 is 0 Å². The maximum atomic E-state index is 11.6. The zero-order valence-electron chi connectivity index (χ0n) is 8.30. The van der Waals surface area contributed by atoms with E-state index < -0.39 is 0 Å². The number of hydrogen-bond acceptors (Lipinski definition) is 4. The maximum Gasteiger partial charge on any atom is 0.234 e. The first-order chi connectivity index (χ1) is 7.77. The van der Waals surface area contributed by atoms with E-state index in [0.29, 0.717) is 16.7 Å². The molecule has 3 rings (SSSR count). The maximum absolute atomic E-state index is 11.6. The molecule has 80 valence electrons. The standard InChI is InChI=1S/C10H8N4O2/c15-8-4-5-9(16)14(8)7-3-1-2-6-10(7)12-13-11-6/h1-3H,4-5H2,(H,11,12,13). The number of fused-ring (bicyclic) bond motifs is 1. The molecule has 1 aromatic carbocycles. The Morgan fingerprint density at radius 1 is 1.12 bits per heavy atom. The first-order valence-corrected chi connectivity index (χ1v) is 4.92. The second kappa shape index (κ2) is 3.13. The van der Waals surface area contributed by atoms with Crippen molar-refractivity contribution in [1.82, 2.24) is 15.4 Å². The van der Waals surface area contributed by atoms with Gasteiger partial charge in [0.2, 0.25) is 11.8 Å². The second-order valence-electron chi connectivity index (χ2n) is 3.59. The molecule has 0 saturated carbocycles. The van der Waals surface area contributed by atoms with Crippen LogP contribution >= 0.6 is 0 Å². The second-order valence-corrected chi connectivity index (χ2v) is 3.59. The summed E-state index contributed by atoms with van der Waals surface area (Å²) in [7, 11) is 0. The van der Waals surface area contributed by atoms with Crippen LogP contribution in [0.5, 0.6) is 0 Å². The fourth-order valence-corrected chi connectivity index (χ4v) is 1.88. The van der Waals surface area contributed by atoms with E-state index in [9.17, 15) is 9.59 Å². The molecule has 1 saturated heterocycles. The van der Waals surface area contributed by atoms with Crippen molar-refractivity contribution in [2.24, 2.45) is 0 Å². The Kier molecular flexibility index (Phi) is 1.76. The molecule has 6 heteroatoms. The van der Waals surface area contributed by atoms with Crippen LogP contribution < -0.4 is 4.90 Å². The van der Waals surface area contributed by atoms with Gasteiger partial charge in [0.15, 0.2) is 0 Å². The van der Waals surface area contributed by atoms with Gasteiger partial charge in [-0.1, -0.05) is 6.07 Å². The molecule has 0 atom stereocenters. The number of hydrogen-bond donors (Lipinski definition) is 1. The minimum absolute atomic E-state index is 0.180. The third kappa shape index (κ3) is 1.13. The Labute approximate surface area is 90.2 Å². The molecular weight excluding hydrogens is 208 g/mol. The molecule has 0 unspecified atom stereocenters. The average molecular weight is 216 g/mol. The zero-order chi connectivity index (χ0) is 11.1. The Hall–Kier alpha value is -2.24. The van der Waals surface area contributed by atoms with E-state index >= 15 is 0 Å². The molecule has 0 bridgehead atoms. The van der Waals surface area contributed by atoms with Crippen molar-refractivity contribution < 1.29 is 9.59 Å². The first kappa shape index (κ1) is 9.02. The van der Waals surface area contributed by atoms with Gasteiger partial charge in [-0.25, -0.2) is 4.90 Å². The highest BCUT2D eigenvalue weighted by molar-refractivity contribution is 6.22. The summed E-state index contributed by atoms with van der Waals surface area (Å²) in [5.74, 6) is -0.360. The lowest BCUT2D eigenvalue weighted by atomic mass is 10.2. The van der Waals surface area contributed by atoms with E-state index in [1.807, 2.05) is 0 Å². The van der Waals surface area contributed by atoms with Crippen LogP contribution in [0.3, 0.4) is 0 Å². The molecule has 2 heterocycles. The van der Waals surface area contributed by atoms with Crippen molar-refractivity contribution in [2.45, 2.75) is 12.8 Å². The Morgan fingerprint density at radius 3 is 2.62 bits per heavy atom. The van der Waals surface area contributed by atoms with Crippen molar-refractivity contribution in [3.05, 3.63) is 18.2 Å². The van der Waals surface area contributed by atoms with E-state index in [2.05, 4.69) is 15.4 Å². The van der Waals surface area contributed by atoms with Crippen LogP contribution in [0.25, 0.3) is 11.0 Å². The summed E-state index contributed by atoms with van der Waals surface area (Å²) in [6.07, 6.45) is 0.542. The van der Waals surface area contributed by atoms with Crippen LogP contribution in [0, 0.1) is 0 Å². The van der Waals surface area contributed by atoms with Gasteiger partial charge in [0, 0.05) is 12.8 Å². The molecule has 1 aliphatic heterocycles. The van der Waals surface area contributed by atoms with Crippen LogP contribution in [0.1, 0.15) is 12.8 Å². The monoisotopic (exact) mass is 216 g/mol. The number of rotatable bonds is 1. The van der Waals surface area contributed by atoms with Gasteiger partial charge in [-0.3, -0.25) is 9.59 Å². The van der Waals surface area contributed by atoms with Crippen LogP contribution in [0.15, 0.2) is 18.2 Å². The molecule has 16 heavy (non-hydrogen) atoms. The Morgan fingerprint density at radius 2 is 1.88 bits per heavy atom. The topological polar surface area (TPSA) is 79.0 Å². The molecule has 1 N–H and O–H groups in total. The summed E-state index contributed by atoms with van der Waals surface area (Å²) < 4.78 is 0. The number of H-pyrrole nitrogens is 1. The highest BCUT2D eigenvalue weighted by Gasteiger charge is 2.31. The lowest BCUT2D eigenvalue weighted by Gasteiger charge is -2.13. The van der Waals surface area contributed by atoms with Crippen molar-refractivity contribution in [2.75, 3.05) is 4.90 Å². The third-order valence-electron chi connectivity index (χ3n) is 2.62. The largest absolute Gasteiger partial charge is 0.274 e. The highest BCUT2D eigenvalue weighted by atomic mass is 16.2. The van der Waals surface area contributed by atoms with E-state index in [1.54, 1.807) is 18.2 Å². The lowest BCUT2D eigenvalue weighted by Crippen LogP contribution is -2.28. The van der Waals surface area contributed by atoms with E-state index in [1.165, 1.54) is 4.90 Å². The van der Waals surface area contributed by atoms with Gasteiger partial charge in [0.25, 0.3) is 0 Å². The number of nitrogens with one attached hydrogen (secondary N) is 1. The third-order valence-corrected chi connectivity index (χ3v) is 2.62. The van der Waals surface area contributed by atoms with Crippen molar-refractivity contribution in [1.29, 1.82) is 0 Å². The van der Waals surface area contributed by atoms with E-state index in [4.69, 9.17) is 0 Å². The zero-order valence-corrected chi connectivity index (χ0v) is 8.30. The van der Waals surface area contributed by atoms with Gasteiger partial charge in [0.05, 0.1) is 5.69 Å².